The number of nitrogens with zero attached hydrogens (tertiary/aromatic N) is 3. The molecule has 3 N–H and O–H groups in total. The van der Waals surface area contributed by atoms with Crippen molar-refractivity contribution in [1.29, 1.82) is 0 Å². The highest BCUT2D eigenvalue weighted by atomic mass is 32.1. The monoisotopic (exact) mass is 389 g/mol. The topological polar surface area (TPSA) is 100 Å². The zero-order valence-corrected chi connectivity index (χ0v) is 16.0. The van der Waals surface area contributed by atoms with Crippen molar-refractivity contribution < 1.29 is 14.3 Å². The summed E-state index contributed by atoms with van der Waals surface area (Å²) in [6, 6.07) is 2.96. The Kier molecular flexibility index (Phi) is 5.62. The van der Waals surface area contributed by atoms with Crippen LogP contribution in [0.1, 0.15) is 40.8 Å². The van der Waals surface area contributed by atoms with Crippen LogP contribution in [-0.2, 0) is 0 Å². The first-order valence-electron chi connectivity index (χ1n) is 8.45. The molecule has 2 atom stereocenters. The smallest absolute Gasteiger partial charge is 0.271 e. The number of anilines is 1. The summed E-state index contributed by atoms with van der Waals surface area (Å²) in [5.74, 6) is -0.545. The molecular formula is C18H20FN5O2S. The van der Waals surface area contributed by atoms with Crippen LogP contribution in [0.3, 0.4) is 0 Å². The van der Waals surface area contributed by atoms with Gasteiger partial charge in [0.05, 0.1) is 28.6 Å². The number of amides is 1. The van der Waals surface area contributed by atoms with E-state index in [9.17, 15) is 14.3 Å². The summed E-state index contributed by atoms with van der Waals surface area (Å²) in [4.78, 5) is 26.2. The molecule has 3 rings (SSSR count). The molecule has 0 radical (unpaired) electrons. The molecule has 0 saturated carbocycles. The lowest BCUT2D eigenvalue weighted by Crippen LogP contribution is -2.31. The van der Waals surface area contributed by atoms with Crippen LogP contribution in [0.2, 0.25) is 0 Å². The molecule has 27 heavy (non-hydrogen) atoms. The predicted molar refractivity (Wildman–Crippen MR) is 102 cm³/mol. The lowest BCUT2D eigenvalue weighted by atomic mass is 10.1. The molecule has 0 aliphatic heterocycles. The molecule has 0 aromatic carbocycles. The molecule has 0 fully saturated rings. The summed E-state index contributed by atoms with van der Waals surface area (Å²) >= 11 is 1.43. The molecule has 9 heteroatoms. The summed E-state index contributed by atoms with van der Waals surface area (Å²) in [5.41, 5.74) is 1.54. The summed E-state index contributed by atoms with van der Waals surface area (Å²) in [6.45, 7) is 5.48. The van der Waals surface area contributed by atoms with E-state index in [1.807, 2.05) is 19.9 Å². The third-order valence-corrected chi connectivity index (χ3v) is 4.89. The number of nitrogens with one attached hydrogen (secondary N) is 2. The third kappa shape index (κ3) is 4.55. The fourth-order valence-corrected chi connectivity index (χ4v) is 3.47. The van der Waals surface area contributed by atoms with Crippen molar-refractivity contribution in [2.75, 3.05) is 11.9 Å². The number of aromatic nitrogens is 3. The highest BCUT2D eigenvalue weighted by Crippen LogP contribution is 2.28. The predicted octanol–water partition coefficient (Wildman–Crippen LogP) is 2.82. The number of pyridine rings is 1. The number of aliphatic hydroxyl groups excluding tert-OH is 1. The number of carbonyl (C=O) groups is 1. The van der Waals surface area contributed by atoms with Crippen LogP contribution >= 0.6 is 11.3 Å². The van der Waals surface area contributed by atoms with E-state index >= 15 is 0 Å². The number of aliphatic hydroxyl groups is 1. The van der Waals surface area contributed by atoms with Crippen LogP contribution in [0.15, 0.2) is 24.5 Å². The fourth-order valence-electron chi connectivity index (χ4n) is 2.53. The summed E-state index contributed by atoms with van der Waals surface area (Å²) in [6.07, 6.45) is 2.04. The van der Waals surface area contributed by atoms with Crippen LogP contribution < -0.4 is 10.6 Å². The zero-order valence-electron chi connectivity index (χ0n) is 15.2. The Morgan fingerprint density at radius 2 is 2.07 bits per heavy atom. The van der Waals surface area contributed by atoms with Gasteiger partial charge in [-0.05, 0) is 38.5 Å². The Morgan fingerprint density at radius 1 is 1.30 bits per heavy atom. The SMILES string of the molecule is Cc1cc2nc(NC(C)c3cncc(F)c3)nc(C(=O)NCC(C)O)c2s1. The lowest BCUT2D eigenvalue weighted by Gasteiger charge is -2.15. The second kappa shape index (κ2) is 7.93. The van der Waals surface area contributed by atoms with Crippen molar-refractivity contribution in [2.45, 2.75) is 32.9 Å². The zero-order chi connectivity index (χ0) is 19.6. The van der Waals surface area contributed by atoms with Gasteiger partial charge in [-0.3, -0.25) is 9.78 Å². The minimum atomic E-state index is -0.658. The van der Waals surface area contributed by atoms with Gasteiger partial charge in [0.1, 0.15) is 5.82 Å². The van der Waals surface area contributed by atoms with Crippen molar-refractivity contribution in [3.8, 4) is 0 Å². The molecule has 0 aliphatic rings. The van der Waals surface area contributed by atoms with Crippen molar-refractivity contribution in [1.82, 2.24) is 20.3 Å². The first kappa shape index (κ1) is 19.1. The van der Waals surface area contributed by atoms with Gasteiger partial charge in [0, 0.05) is 17.6 Å². The van der Waals surface area contributed by atoms with Gasteiger partial charge in [0.25, 0.3) is 5.91 Å². The number of rotatable bonds is 6. The molecule has 0 bridgehead atoms. The molecule has 142 valence electrons. The molecule has 3 aromatic heterocycles. The number of thiophene rings is 1. The Morgan fingerprint density at radius 3 is 2.78 bits per heavy atom. The average molecular weight is 389 g/mol. The highest BCUT2D eigenvalue weighted by Gasteiger charge is 2.18. The molecule has 0 saturated heterocycles. The third-order valence-electron chi connectivity index (χ3n) is 3.84. The molecule has 7 nitrogen and oxygen atoms in total. The molecule has 0 spiro atoms. The van der Waals surface area contributed by atoms with Gasteiger partial charge in [-0.1, -0.05) is 0 Å². The van der Waals surface area contributed by atoms with E-state index < -0.39 is 11.9 Å². The Labute approximate surface area is 159 Å². The van der Waals surface area contributed by atoms with Crippen molar-refractivity contribution in [2.24, 2.45) is 0 Å². The Hall–Kier alpha value is -2.65. The summed E-state index contributed by atoms with van der Waals surface area (Å²) in [7, 11) is 0. The standard InChI is InChI=1S/C18H20FN5O2S/c1-9(25)6-21-17(26)15-16-14(4-10(2)27-16)23-18(24-15)22-11(3)12-5-13(19)8-20-7-12/h4-5,7-9,11,25H,6H2,1-3H3,(H,21,26)(H,22,23,24). The minimum absolute atomic E-state index is 0.128. The molecule has 2 unspecified atom stereocenters. The van der Waals surface area contributed by atoms with Crippen LogP contribution in [0, 0.1) is 12.7 Å². The highest BCUT2D eigenvalue weighted by molar-refractivity contribution is 7.19. The van der Waals surface area contributed by atoms with Gasteiger partial charge in [-0.15, -0.1) is 11.3 Å². The maximum Gasteiger partial charge on any atom is 0.271 e. The number of fused-ring (bicyclic) bond motifs is 1. The Bertz CT molecular complexity index is 976. The van der Waals surface area contributed by atoms with Gasteiger partial charge in [-0.25, -0.2) is 14.4 Å². The number of carbonyl (C=O) groups excluding carboxylic acids is 1. The summed E-state index contributed by atoms with van der Waals surface area (Å²) in [5, 5.41) is 15.1. The first-order valence-corrected chi connectivity index (χ1v) is 9.26. The van der Waals surface area contributed by atoms with E-state index in [4.69, 9.17) is 0 Å². The molecule has 1 amide bonds. The molecule has 3 aromatic rings. The second-order valence-corrected chi connectivity index (χ2v) is 7.59. The van der Waals surface area contributed by atoms with Crippen molar-refractivity contribution >= 4 is 33.4 Å². The number of hydrogen-bond acceptors (Lipinski definition) is 7. The van der Waals surface area contributed by atoms with Gasteiger partial charge >= 0.3 is 0 Å². The fraction of sp³-hybridized carbons (Fsp3) is 0.333. The maximum absolute atomic E-state index is 13.4. The van der Waals surface area contributed by atoms with E-state index in [0.29, 0.717) is 15.8 Å². The minimum Gasteiger partial charge on any atom is -0.392 e. The van der Waals surface area contributed by atoms with E-state index in [-0.39, 0.29) is 30.1 Å². The van der Waals surface area contributed by atoms with Gasteiger partial charge in [0.15, 0.2) is 5.69 Å². The Balaban J connectivity index is 1.92. The van der Waals surface area contributed by atoms with Gasteiger partial charge < -0.3 is 15.7 Å². The van der Waals surface area contributed by atoms with Crippen LogP contribution in [0.4, 0.5) is 10.3 Å². The van der Waals surface area contributed by atoms with Crippen LogP contribution in [0.5, 0.6) is 0 Å². The largest absolute Gasteiger partial charge is 0.392 e. The van der Waals surface area contributed by atoms with Crippen molar-refractivity contribution in [3.63, 3.8) is 0 Å². The van der Waals surface area contributed by atoms with Gasteiger partial charge in [-0.2, -0.15) is 0 Å². The van der Waals surface area contributed by atoms with Crippen LogP contribution in [-0.4, -0.2) is 38.6 Å². The lowest BCUT2D eigenvalue weighted by molar-refractivity contribution is 0.0921. The molecule has 0 aliphatic carbocycles. The summed E-state index contributed by atoms with van der Waals surface area (Å²) < 4.78 is 14.1. The maximum atomic E-state index is 13.4. The normalized spacial score (nSPS) is 13.4. The van der Waals surface area contributed by atoms with Crippen LogP contribution in [0.25, 0.3) is 10.2 Å². The van der Waals surface area contributed by atoms with E-state index in [2.05, 4.69) is 25.6 Å². The quantitative estimate of drug-likeness (QED) is 0.599. The van der Waals surface area contributed by atoms with Gasteiger partial charge in [0.2, 0.25) is 5.95 Å². The van der Waals surface area contributed by atoms with Crippen molar-refractivity contribution in [3.05, 3.63) is 46.5 Å². The average Bonchev–Trinajstić information content (AvgIpc) is 2.98. The first-order chi connectivity index (χ1) is 12.8. The van der Waals surface area contributed by atoms with E-state index in [1.54, 1.807) is 13.1 Å². The van der Waals surface area contributed by atoms with E-state index in [1.165, 1.54) is 17.4 Å². The number of aryl methyl sites for hydroxylation is 1. The molecular weight excluding hydrogens is 369 g/mol. The van der Waals surface area contributed by atoms with E-state index in [0.717, 1.165) is 11.1 Å². The molecule has 3 heterocycles. The second-order valence-electron chi connectivity index (χ2n) is 6.33. The number of hydrogen-bond donors (Lipinski definition) is 3. The number of halogens is 1.